The number of hydrogen-bond donors (Lipinski definition) is 0. The molecule has 3 rings (SSSR count). The molecule has 1 fully saturated rings. The molecule has 1 aliphatic heterocycles. The van der Waals surface area contributed by atoms with E-state index in [1.54, 1.807) is 10.9 Å². The Morgan fingerprint density at radius 2 is 2.17 bits per heavy atom. The van der Waals surface area contributed by atoms with Gasteiger partial charge in [0.25, 0.3) is 0 Å². The van der Waals surface area contributed by atoms with Crippen LogP contribution in [0, 0.1) is 11.8 Å². The lowest BCUT2D eigenvalue weighted by molar-refractivity contribution is -0.132. The Labute approximate surface area is 145 Å². The summed E-state index contributed by atoms with van der Waals surface area (Å²) in [6.45, 7) is 8.47. The zero-order chi connectivity index (χ0) is 17.1. The van der Waals surface area contributed by atoms with Crippen LogP contribution in [0.4, 0.5) is 0 Å². The number of rotatable bonds is 5. The van der Waals surface area contributed by atoms with Crippen LogP contribution < -0.4 is 0 Å². The molecule has 0 saturated carbocycles. The third kappa shape index (κ3) is 3.98. The summed E-state index contributed by atoms with van der Waals surface area (Å²) in [5, 5.41) is 12.2. The molecule has 130 valence electrons. The average molecular weight is 349 g/mol. The lowest BCUT2D eigenvalue weighted by Crippen LogP contribution is -2.45. The van der Waals surface area contributed by atoms with Gasteiger partial charge in [0.1, 0.15) is 12.3 Å². The van der Waals surface area contributed by atoms with Crippen molar-refractivity contribution in [3.63, 3.8) is 0 Å². The summed E-state index contributed by atoms with van der Waals surface area (Å²) in [7, 11) is 0. The van der Waals surface area contributed by atoms with Gasteiger partial charge in [-0.3, -0.25) is 4.79 Å². The van der Waals surface area contributed by atoms with Gasteiger partial charge in [-0.25, -0.2) is 4.68 Å². The quantitative estimate of drug-likeness (QED) is 0.771. The van der Waals surface area contributed by atoms with Crippen LogP contribution in [-0.4, -0.2) is 49.4 Å². The molecule has 0 aliphatic carbocycles. The number of nitrogens with zero attached hydrogens (tertiary/aromatic N) is 5. The van der Waals surface area contributed by atoms with Crippen LogP contribution in [0.25, 0.3) is 0 Å². The highest BCUT2D eigenvalue weighted by molar-refractivity contribution is 8.00. The standard InChI is InChI=1S/C16H23N5O2S/c1-11-7-12(2)9-20(8-11)15(22)13(3)24-16-17-18-19-21(16)10-14-5-4-6-23-14/h4-6,11-13H,7-10H2,1-3H3. The van der Waals surface area contributed by atoms with Gasteiger partial charge in [-0.15, -0.1) is 5.10 Å². The maximum Gasteiger partial charge on any atom is 0.235 e. The number of carbonyl (C=O) groups is 1. The minimum atomic E-state index is -0.219. The van der Waals surface area contributed by atoms with Crippen LogP contribution >= 0.6 is 11.8 Å². The summed E-state index contributed by atoms with van der Waals surface area (Å²) in [5.74, 6) is 2.05. The normalized spacial score (nSPS) is 22.5. The summed E-state index contributed by atoms with van der Waals surface area (Å²) in [6, 6.07) is 3.71. The summed E-state index contributed by atoms with van der Waals surface area (Å²) in [4.78, 5) is 14.7. The predicted octanol–water partition coefficient (Wildman–Crippen LogP) is 2.30. The van der Waals surface area contributed by atoms with E-state index in [1.807, 2.05) is 24.0 Å². The first-order chi connectivity index (χ1) is 11.5. The number of furan rings is 1. The second-order valence-corrected chi connectivity index (χ2v) is 7.96. The van der Waals surface area contributed by atoms with E-state index in [1.165, 1.54) is 18.2 Å². The molecule has 0 bridgehead atoms. The molecule has 7 nitrogen and oxygen atoms in total. The fourth-order valence-electron chi connectivity index (χ4n) is 3.24. The Kier molecular flexibility index (Phi) is 5.23. The minimum absolute atomic E-state index is 0.158. The number of thioether (sulfide) groups is 1. The topological polar surface area (TPSA) is 77.1 Å². The van der Waals surface area contributed by atoms with Crippen molar-refractivity contribution in [3.8, 4) is 0 Å². The van der Waals surface area contributed by atoms with Crippen molar-refractivity contribution in [3.05, 3.63) is 24.2 Å². The van der Waals surface area contributed by atoms with E-state index in [9.17, 15) is 4.79 Å². The number of aromatic nitrogens is 4. The van der Waals surface area contributed by atoms with Crippen LogP contribution in [0.15, 0.2) is 28.0 Å². The average Bonchev–Trinajstić information content (AvgIpc) is 3.18. The van der Waals surface area contributed by atoms with Crippen molar-refractivity contribution >= 4 is 17.7 Å². The summed E-state index contributed by atoms with van der Waals surface area (Å²) >= 11 is 1.40. The van der Waals surface area contributed by atoms with Crippen molar-refractivity contribution in [1.82, 2.24) is 25.1 Å². The van der Waals surface area contributed by atoms with Crippen LogP contribution in [-0.2, 0) is 11.3 Å². The van der Waals surface area contributed by atoms with E-state index in [0.717, 1.165) is 18.8 Å². The highest BCUT2D eigenvalue weighted by Crippen LogP contribution is 2.26. The SMILES string of the molecule is CC1CC(C)CN(C(=O)C(C)Sc2nnnn2Cc2ccco2)C1. The van der Waals surface area contributed by atoms with Crippen LogP contribution in [0.5, 0.6) is 0 Å². The van der Waals surface area contributed by atoms with E-state index in [4.69, 9.17) is 4.42 Å². The monoisotopic (exact) mass is 349 g/mol. The lowest BCUT2D eigenvalue weighted by atomic mass is 9.92. The number of carbonyl (C=O) groups excluding carboxylic acids is 1. The Morgan fingerprint density at radius 3 is 2.83 bits per heavy atom. The molecule has 1 saturated heterocycles. The number of likely N-dealkylation sites (tertiary alicyclic amines) is 1. The Bertz CT molecular complexity index is 662. The predicted molar refractivity (Wildman–Crippen MR) is 90.5 cm³/mol. The van der Waals surface area contributed by atoms with E-state index in [2.05, 4.69) is 29.4 Å². The maximum atomic E-state index is 12.8. The van der Waals surface area contributed by atoms with Gasteiger partial charge in [-0.1, -0.05) is 25.6 Å². The number of amides is 1. The van der Waals surface area contributed by atoms with Crippen molar-refractivity contribution in [2.75, 3.05) is 13.1 Å². The second kappa shape index (κ2) is 7.38. The molecule has 0 N–H and O–H groups in total. The number of piperidine rings is 1. The van der Waals surface area contributed by atoms with Gasteiger partial charge in [-0.05, 0) is 47.7 Å². The molecule has 3 unspecified atom stereocenters. The molecular formula is C16H23N5O2S. The van der Waals surface area contributed by atoms with Gasteiger partial charge in [0, 0.05) is 13.1 Å². The molecule has 2 aromatic heterocycles. The molecule has 24 heavy (non-hydrogen) atoms. The molecule has 2 aromatic rings. The number of hydrogen-bond acceptors (Lipinski definition) is 6. The fraction of sp³-hybridized carbons (Fsp3) is 0.625. The minimum Gasteiger partial charge on any atom is -0.467 e. The maximum absolute atomic E-state index is 12.8. The Balaban J connectivity index is 1.63. The largest absolute Gasteiger partial charge is 0.467 e. The van der Waals surface area contributed by atoms with E-state index in [0.29, 0.717) is 23.5 Å². The molecule has 0 aromatic carbocycles. The first-order valence-corrected chi connectivity index (χ1v) is 9.15. The van der Waals surface area contributed by atoms with E-state index < -0.39 is 0 Å². The van der Waals surface area contributed by atoms with E-state index >= 15 is 0 Å². The molecule has 3 atom stereocenters. The molecule has 8 heteroatoms. The molecule has 0 radical (unpaired) electrons. The summed E-state index contributed by atoms with van der Waals surface area (Å²) in [5.41, 5.74) is 0. The summed E-state index contributed by atoms with van der Waals surface area (Å²) < 4.78 is 6.99. The molecule has 1 aliphatic rings. The van der Waals surface area contributed by atoms with Crippen molar-refractivity contribution < 1.29 is 9.21 Å². The number of tetrazole rings is 1. The van der Waals surface area contributed by atoms with Crippen molar-refractivity contribution in [2.24, 2.45) is 11.8 Å². The lowest BCUT2D eigenvalue weighted by Gasteiger charge is -2.36. The van der Waals surface area contributed by atoms with Crippen LogP contribution in [0.1, 0.15) is 33.0 Å². The first kappa shape index (κ1) is 17.0. The van der Waals surface area contributed by atoms with Crippen LogP contribution in [0.2, 0.25) is 0 Å². The molecular weight excluding hydrogens is 326 g/mol. The zero-order valence-corrected chi connectivity index (χ0v) is 15.1. The van der Waals surface area contributed by atoms with Gasteiger partial charge >= 0.3 is 0 Å². The highest BCUT2D eigenvalue weighted by atomic mass is 32.2. The van der Waals surface area contributed by atoms with Gasteiger partial charge in [0.2, 0.25) is 11.1 Å². The van der Waals surface area contributed by atoms with E-state index in [-0.39, 0.29) is 11.2 Å². The Hall–Kier alpha value is -1.83. The zero-order valence-electron chi connectivity index (χ0n) is 14.3. The third-order valence-corrected chi connectivity index (χ3v) is 5.25. The third-order valence-electron chi connectivity index (χ3n) is 4.20. The van der Waals surface area contributed by atoms with Gasteiger partial charge < -0.3 is 9.32 Å². The van der Waals surface area contributed by atoms with Gasteiger partial charge in [-0.2, -0.15) is 0 Å². The Morgan fingerprint density at radius 1 is 1.42 bits per heavy atom. The summed E-state index contributed by atoms with van der Waals surface area (Å²) in [6.07, 6.45) is 2.81. The molecule has 1 amide bonds. The first-order valence-electron chi connectivity index (χ1n) is 8.27. The van der Waals surface area contributed by atoms with Crippen molar-refractivity contribution in [1.29, 1.82) is 0 Å². The molecule has 3 heterocycles. The fourth-order valence-corrected chi connectivity index (χ4v) is 4.11. The van der Waals surface area contributed by atoms with Crippen LogP contribution in [0.3, 0.4) is 0 Å². The van der Waals surface area contributed by atoms with Gasteiger partial charge in [0.05, 0.1) is 11.5 Å². The van der Waals surface area contributed by atoms with Crippen molar-refractivity contribution in [2.45, 2.75) is 44.1 Å². The second-order valence-electron chi connectivity index (χ2n) is 6.65. The smallest absolute Gasteiger partial charge is 0.235 e. The van der Waals surface area contributed by atoms with Gasteiger partial charge in [0.15, 0.2) is 0 Å². The molecule has 0 spiro atoms. The highest BCUT2D eigenvalue weighted by Gasteiger charge is 2.29.